The molecule has 1 aromatic heterocycles. The predicted octanol–water partition coefficient (Wildman–Crippen LogP) is 2.87. The molecule has 1 amide bonds. The van der Waals surface area contributed by atoms with Gasteiger partial charge >= 0.3 is 0 Å². The third-order valence-electron chi connectivity index (χ3n) is 4.20. The summed E-state index contributed by atoms with van der Waals surface area (Å²) in [6, 6.07) is 11.0. The monoisotopic (exact) mass is 367 g/mol. The molecule has 1 N–H and O–H groups in total. The largest absolute Gasteiger partial charge is 0.497 e. The summed E-state index contributed by atoms with van der Waals surface area (Å²) in [6.45, 7) is 1.53. The molecule has 8 nitrogen and oxygen atoms in total. The molecular weight excluding hydrogens is 350 g/mol. The number of carbonyl (C=O) groups is 1. The maximum absolute atomic E-state index is 12.6. The molecule has 0 bridgehead atoms. The maximum atomic E-state index is 12.6. The number of aromatic nitrogens is 1. The molecule has 27 heavy (non-hydrogen) atoms. The van der Waals surface area contributed by atoms with Crippen molar-refractivity contribution < 1.29 is 14.5 Å². The van der Waals surface area contributed by atoms with E-state index in [1.807, 2.05) is 0 Å². The zero-order chi connectivity index (χ0) is 19.6. The first-order valence-corrected chi connectivity index (χ1v) is 8.11. The van der Waals surface area contributed by atoms with Gasteiger partial charge in [0.2, 0.25) is 5.91 Å². The lowest BCUT2D eigenvalue weighted by Gasteiger charge is -2.10. The second-order valence-electron chi connectivity index (χ2n) is 6.01. The van der Waals surface area contributed by atoms with Crippen molar-refractivity contribution in [2.24, 2.45) is 0 Å². The summed E-state index contributed by atoms with van der Waals surface area (Å²) >= 11 is 0. The Bertz CT molecular complexity index is 1100. The van der Waals surface area contributed by atoms with Crippen molar-refractivity contribution in [3.05, 3.63) is 74.7 Å². The fourth-order valence-corrected chi connectivity index (χ4v) is 2.72. The standard InChI is InChI=1S/C19H17N3O5/c1-12-3-4-14(22(25)26)10-17(12)20-18(23)11-21-8-7-13-9-15(27-2)5-6-16(13)19(21)24/h3-10H,11H2,1-2H3,(H,20,23). The van der Waals surface area contributed by atoms with Gasteiger partial charge in [-0.15, -0.1) is 0 Å². The van der Waals surface area contributed by atoms with Gasteiger partial charge in [-0.3, -0.25) is 19.7 Å². The number of ether oxygens (including phenoxy) is 1. The van der Waals surface area contributed by atoms with Crippen LogP contribution in [0.15, 0.2) is 53.5 Å². The van der Waals surface area contributed by atoms with E-state index in [4.69, 9.17) is 4.74 Å². The Labute approximate surface area is 154 Å². The van der Waals surface area contributed by atoms with Crippen LogP contribution in [0, 0.1) is 17.0 Å². The van der Waals surface area contributed by atoms with E-state index in [0.29, 0.717) is 27.8 Å². The normalized spacial score (nSPS) is 10.6. The number of fused-ring (bicyclic) bond motifs is 1. The molecule has 0 saturated carbocycles. The number of anilines is 1. The average molecular weight is 367 g/mol. The van der Waals surface area contributed by atoms with Crippen molar-refractivity contribution in [3.8, 4) is 5.75 Å². The zero-order valence-corrected chi connectivity index (χ0v) is 14.8. The first-order chi connectivity index (χ1) is 12.9. The minimum absolute atomic E-state index is 0.118. The lowest BCUT2D eigenvalue weighted by molar-refractivity contribution is -0.384. The van der Waals surface area contributed by atoms with Gasteiger partial charge in [-0.25, -0.2) is 0 Å². The van der Waals surface area contributed by atoms with Gasteiger partial charge in [0, 0.05) is 23.7 Å². The quantitative estimate of drug-likeness (QED) is 0.552. The van der Waals surface area contributed by atoms with Gasteiger partial charge in [-0.1, -0.05) is 6.07 Å². The van der Waals surface area contributed by atoms with Crippen molar-refractivity contribution >= 4 is 28.1 Å². The van der Waals surface area contributed by atoms with Gasteiger partial charge < -0.3 is 14.6 Å². The molecule has 8 heteroatoms. The predicted molar refractivity (Wildman–Crippen MR) is 101 cm³/mol. The fraction of sp³-hybridized carbons (Fsp3) is 0.158. The minimum atomic E-state index is -0.531. The Balaban J connectivity index is 1.84. The van der Waals surface area contributed by atoms with E-state index in [-0.39, 0.29) is 17.8 Å². The minimum Gasteiger partial charge on any atom is -0.497 e. The molecule has 0 unspecified atom stereocenters. The summed E-state index contributed by atoms with van der Waals surface area (Å²) in [6.07, 6.45) is 1.53. The number of nitrogens with one attached hydrogen (secondary N) is 1. The van der Waals surface area contributed by atoms with E-state index in [2.05, 4.69) is 5.32 Å². The number of pyridine rings is 1. The van der Waals surface area contributed by atoms with Crippen molar-refractivity contribution in [3.63, 3.8) is 0 Å². The van der Waals surface area contributed by atoms with E-state index >= 15 is 0 Å². The van der Waals surface area contributed by atoms with Crippen molar-refractivity contribution in [1.82, 2.24) is 4.57 Å². The molecule has 0 aliphatic heterocycles. The van der Waals surface area contributed by atoms with Crippen LogP contribution >= 0.6 is 0 Å². The molecule has 0 radical (unpaired) electrons. The number of hydrogen-bond acceptors (Lipinski definition) is 5. The van der Waals surface area contributed by atoms with Gasteiger partial charge in [0.15, 0.2) is 0 Å². The van der Waals surface area contributed by atoms with Crippen LogP contribution in [-0.2, 0) is 11.3 Å². The molecule has 2 aromatic carbocycles. The van der Waals surface area contributed by atoms with E-state index < -0.39 is 10.8 Å². The number of nitro groups is 1. The van der Waals surface area contributed by atoms with Crippen molar-refractivity contribution in [2.75, 3.05) is 12.4 Å². The van der Waals surface area contributed by atoms with Gasteiger partial charge in [-0.2, -0.15) is 0 Å². The lowest BCUT2D eigenvalue weighted by Crippen LogP contribution is -2.27. The highest BCUT2D eigenvalue weighted by Crippen LogP contribution is 2.22. The number of hydrogen-bond donors (Lipinski definition) is 1. The van der Waals surface area contributed by atoms with Crippen LogP contribution in [0.5, 0.6) is 5.75 Å². The molecule has 0 aliphatic carbocycles. The summed E-state index contributed by atoms with van der Waals surface area (Å²) in [5.41, 5.74) is 0.605. The molecule has 0 spiro atoms. The molecule has 1 heterocycles. The van der Waals surface area contributed by atoms with Crippen LogP contribution in [0.3, 0.4) is 0 Å². The van der Waals surface area contributed by atoms with Crippen LogP contribution in [0.25, 0.3) is 10.8 Å². The summed E-state index contributed by atoms with van der Waals surface area (Å²) in [5.74, 6) is 0.187. The van der Waals surface area contributed by atoms with Crippen LogP contribution in [-0.4, -0.2) is 22.5 Å². The van der Waals surface area contributed by atoms with E-state index in [9.17, 15) is 19.7 Å². The third-order valence-corrected chi connectivity index (χ3v) is 4.20. The first-order valence-electron chi connectivity index (χ1n) is 8.11. The fourth-order valence-electron chi connectivity index (χ4n) is 2.72. The van der Waals surface area contributed by atoms with Crippen molar-refractivity contribution in [1.29, 1.82) is 0 Å². The summed E-state index contributed by atoms with van der Waals surface area (Å²) in [7, 11) is 1.54. The van der Waals surface area contributed by atoms with Gasteiger partial charge in [-0.05, 0) is 42.1 Å². The number of aryl methyl sites for hydroxylation is 1. The Hall–Kier alpha value is -3.68. The number of nitrogens with zero attached hydrogens (tertiary/aromatic N) is 2. The second-order valence-corrected chi connectivity index (χ2v) is 6.01. The topological polar surface area (TPSA) is 103 Å². The van der Waals surface area contributed by atoms with E-state index in [0.717, 1.165) is 0 Å². The van der Waals surface area contributed by atoms with E-state index in [1.54, 1.807) is 44.4 Å². The van der Waals surface area contributed by atoms with Crippen LogP contribution < -0.4 is 15.6 Å². The number of nitro benzene ring substituents is 1. The van der Waals surface area contributed by atoms with Crippen LogP contribution in [0.1, 0.15) is 5.56 Å². The Kier molecular flexibility index (Phi) is 4.89. The smallest absolute Gasteiger partial charge is 0.271 e. The van der Waals surface area contributed by atoms with Gasteiger partial charge in [0.1, 0.15) is 12.3 Å². The maximum Gasteiger partial charge on any atom is 0.271 e. The molecule has 0 aliphatic rings. The highest BCUT2D eigenvalue weighted by atomic mass is 16.6. The molecular formula is C19H17N3O5. The number of carbonyl (C=O) groups excluding carboxylic acids is 1. The number of amides is 1. The number of non-ortho nitro benzene ring substituents is 1. The molecule has 138 valence electrons. The highest BCUT2D eigenvalue weighted by Gasteiger charge is 2.12. The summed E-state index contributed by atoms with van der Waals surface area (Å²) in [5, 5.41) is 14.7. The lowest BCUT2D eigenvalue weighted by atomic mass is 10.1. The number of rotatable bonds is 5. The molecule has 3 rings (SSSR count). The van der Waals surface area contributed by atoms with E-state index in [1.165, 1.54) is 22.9 Å². The Morgan fingerprint density at radius 3 is 2.70 bits per heavy atom. The van der Waals surface area contributed by atoms with Crippen LogP contribution in [0.2, 0.25) is 0 Å². The zero-order valence-electron chi connectivity index (χ0n) is 14.8. The molecule has 3 aromatic rings. The molecule has 0 atom stereocenters. The summed E-state index contributed by atoms with van der Waals surface area (Å²) in [4.78, 5) is 35.3. The molecule has 0 saturated heterocycles. The Morgan fingerprint density at radius 1 is 1.22 bits per heavy atom. The average Bonchev–Trinajstić information content (AvgIpc) is 2.65. The third kappa shape index (κ3) is 3.79. The van der Waals surface area contributed by atoms with Gasteiger partial charge in [0.05, 0.1) is 17.7 Å². The highest BCUT2D eigenvalue weighted by molar-refractivity contribution is 5.92. The molecule has 0 fully saturated rings. The Morgan fingerprint density at radius 2 is 2.00 bits per heavy atom. The second kappa shape index (κ2) is 7.28. The number of methoxy groups -OCH3 is 1. The van der Waals surface area contributed by atoms with Gasteiger partial charge in [0.25, 0.3) is 11.2 Å². The SMILES string of the molecule is COc1ccc2c(=O)n(CC(=O)Nc3cc([N+](=O)[O-])ccc3C)ccc2c1. The summed E-state index contributed by atoms with van der Waals surface area (Å²) < 4.78 is 6.43. The van der Waals surface area contributed by atoms with Crippen molar-refractivity contribution in [2.45, 2.75) is 13.5 Å². The number of benzene rings is 2. The van der Waals surface area contributed by atoms with Crippen LogP contribution in [0.4, 0.5) is 11.4 Å². The first kappa shape index (κ1) is 18.1.